The van der Waals surface area contributed by atoms with Crippen molar-refractivity contribution >= 4 is 11.9 Å². The quantitative estimate of drug-likeness (QED) is 0.798. The number of carboxylic acid groups (broad SMARTS) is 1. The number of carbonyl (C=O) groups excluding carboxylic acids is 1. The van der Waals surface area contributed by atoms with E-state index in [1.54, 1.807) is 6.92 Å². The first kappa shape index (κ1) is 12.4. The summed E-state index contributed by atoms with van der Waals surface area (Å²) in [6, 6.07) is 1.40. The van der Waals surface area contributed by atoms with Crippen molar-refractivity contribution in [1.82, 2.24) is 9.78 Å². The molecule has 0 radical (unpaired) electrons. The number of hydrogen-bond acceptors (Lipinski definition) is 5. The molecule has 0 amide bonds. The minimum atomic E-state index is -1.28. The van der Waals surface area contributed by atoms with E-state index in [2.05, 4.69) is 5.10 Å². The molecule has 1 aromatic rings. The van der Waals surface area contributed by atoms with E-state index in [1.165, 1.54) is 17.7 Å². The van der Waals surface area contributed by atoms with Crippen LogP contribution in [0, 0.1) is 0 Å². The van der Waals surface area contributed by atoms with Gasteiger partial charge in [0.05, 0.1) is 6.61 Å². The normalized spacial score (nSPS) is 21.9. The van der Waals surface area contributed by atoms with Gasteiger partial charge in [0.25, 0.3) is 0 Å². The monoisotopic (exact) mass is 254 g/mol. The van der Waals surface area contributed by atoms with Crippen LogP contribution >= 0.6 is 0 Å². The molecule has 0 saturated heterocycles. The Morgan fingerprint density at radius 2 is 2.39 bits per heavy atom. The Morgan fingerprint density at radius 1 is 1.67 bits per heavy atom. The van der Waals surface area contributed by atoms with Gasteiger partial charge in [-0.15, -0.1) is 0 Å². The zero-order valence-electron chi connectivity index (χ0n) is 10.2. The number of aliphatic carboxylic acids is 1. The summed E-state index contributed by atoms with van der Waals surface area (Å²) >= 11 is 0. The molecule has 1 aliphatic rings. The number of esters is 1. The summed E-state index contributed by atoms with van der Waals surface area (Å²) in [6.07, 6.45) is 0.291. The lowest BCUT2D eigenvalue weighted by molar-refractivity contribution is -0.156. The zero-order valence-corrected chi connectivity index (χ0v) is 10.2. The number of carbonyl (C=O) groups is 2. The van der Waals surface area contributed by atoms with Gasteiger partial charge in [0.2, 0.25) is 11.5 Å². The van der Waals surface area contributed by atoms with E-state index in [9.17, 15) is 9.59 Å². The van der Waals surface area contributed by atoms with Crippen LogP contribution in [0.2, 0.25) is 0 Å². The molecule has 18 heavy (non-hydrogen) atoms. The molecule has 7 heteroatoms. The van der Waals surface area contributed by atoms with Crippen LogP contribution in [0.25, 0.3) is 0 Å². The van der Waals surface area contributed by atoms with Gasteiger partial charge in [-0.2, -0.15) is 5.10 Å². The summed E-state index contributed by atoms with van der Waals surface area (Å²) in [6.45, 7) is 3.84. The van der Waals surface area contributed by atoms with E-state index in [0.717, 1.165) is 0 Å². The second-order valence-electron chi connectivity index (χ2n) is 4.20. The molecule has 2 rings (SSSR count). The SMILES string of the molecule is CCOC(=O)c1cc2n(n1)CCC(C)(C(=O)O)O2. The highest BCUT2D eigenvalue weighted by atomic mass is 16.5. The first-order valence-electron chi connectivity index (χ1n) is 5.63. The predicted octanol–water partition coefficient (Wildman–Crippen LogP) is 0.686. The molecule has 0 aromatic carbocycles. The van der Waals surface area contributed by atoms with Gasteiger partial charge in [0.15, 0.2) is 5.69 Å². The van der Waals surface area contributed by atoms with Crippen molar-refractivity contribution in [2.75, 3.05) is 6.61 Å². The highest BCUT2D eigenvalue weighted by Gasteiger charge is 2.40. The van der Waals surface area contributed by atoms with Crippen LogP contribution in [0.5, 0.6) is 5.88 Å². The van der Waals surface area contributed by atoms with Crippen molar-refractivity contribution in [2.24, 2.45) is 0 Å². The molecule has 1 aromatic heterocycles. The number of hydrogen-bond donors (Lipinski definition) is 1. The molecule has 2 heterocycles. The molecule has 1 atom stereocenters. The van der Waals surface area contributed by atoms with E-state index in [-0.39, 0.29) is 18.2 Å². The number of aromatic nitrogens is 2. The smallest absolute Gasteiger partial charge is 0.358 e. The molecule has 98 valence electrons. The van der Waals surface area contributed by atoms with Crippen molar-refractivity contribution < 1.29 is 24.2 Å². The third kappa shape index (κ3) is 2.03. The van der Waals surface area contributed by atoms with Gasteiger partial charge in [-0.05, 0) is 13.8 Å². The van der Waals surface area contributed by atoms with Crippen LogP contribution in [0.15, 0.2) is 6.07 Å². The summed E-state index contributed by atoms with van der Waals surface area (Å²) in [4.78, 5) is 22.6. The Labute approximate surface area is 103 Å². The number of aryl methyl sites for hydroxylation is 1. The van der Waals surface area contributed by atoms with Gasteiger partial charge in [-0.25, -0.2) is 14.3 Å². The fourth-order valence-corrected chi connectivity index (χ4v) is 1.70. The lowest BCUT2D eigenvalue weighted by atomic mass is 10.0. The Balaban J connectivity index is 2.24. The molecule has 0 saturated carbocycles. The molecular weight excluding hydrogens is 240 g/mol. The van der Waals surface area contributed by atoms with Gasteiger partial charge in [0.1, 0.15) is 0 Å². The van der Waals surface area contributed by atoms with Crippen LogP contribution < -0.4 is 4.74 Å². The number of rotatable bonds is 3. The molecular formula is C11H14N2O5. The van der Waals surface area contributed by atoms with E-state index in [0.29, 0.717) is 13.0 Å². The maximum Gasteiger partial charge on any atom is 0.358 e. The van der Waals surface area contributed by atoms with Gasteiger partial charge in [-0.1, -0.05) is 0 Å². The summed E-state index contributed by atoms with van der Waals surface area (Å²) in [5.74, 6) is -1.30. The van der Waals surface area contributed by atoms with Crippen molar-refractivity contribution in [3.8, 4) is 5.88 Å². The number of ether oxygens (including phenoxy) is 2. The minimum Gasteiger partial charge on any atom is -0.478 e. The molecule has 7 nitrogen and oxygen atoms in total. The van der Waals surface area contributed by atoms with Crippen LogP contribution in [0.1, 0.15) is 30.8 Å². The summed E-state index contributed by atoms with van der Waals surface area (Å²) in [7, 11) is 0. The lowest BCUT2D eigenvalue weighted by Gasteiger charge is -2.30. The van der Waals surface area contributed by atoms with Crippen molar-refractivity contribution in [2.45, 2.75) is 32.4 Å². The fraction of sp³-hybridized carbons (Fsp3) is 0.545. The Kier molecular flexibility index (Phi) is 2.98. The average Bonchev–Trinajstić information content (AvgIpc) is 2.71. The van der Waals surface area contributed by atoms with Gasteiger partial charge in [-0.3, -0.25) is 0 Å². The molecule has 0 bridgehead atoms. The topological polar surface area (TPSA) is 90.7 Å². The van der Waals surface area contributed by atoms with Crippen LogP contribution in [0.3, 0.4) is 0 Å². The van der Waals surface area contributed by atoms with Crippen molar-refractivity contribution in [3.63, 3.8) is 0 Å². The molecule has 0 spiro atoms. The average molecular weight is 254 g/mol. The molecule has 1 N–H and O–H groups in total. The zero-order chi connectivity index (χ0) is 13.3. The maximum absolute atomic E-state index is 11.5. The third-order valence-electron chi connectivity index (χ3n) is 2.81. The highest BCUT2D eigenvalue weighted by Crippen LogP contribution is 2.29. The third-order valence-corrected chi connectivity index (χ3v) is 2.81. The Bertz CT molecular complexity index is 496. The lowest BCUT2D eigenvalue weighted by Crippen LogP contribution is -2.45. The molecule has 0 aliphatic carbocycles. The summed E-state index contributed by atoms with van der Waals surface area (Å²) in [5.41, 5.74) is -1.15. The largest absolute Gasteiger partial charge is 0.478 e. The van der Waals surface area contributed by atoms with Gasteiger partial charge in [0, 0.05) is 19.0 Å². The van der Waals surface area contributed by atoms with Gasteiger partial charge >= 0.3 is 11.9 Å². The predicted molar refractivity (Wildman–Crippen MR) is 59.5 cm³/mol. The fourth-order valence-electron chi connectivity index (χ4n) is 1.70. The molecule has 1 aliphatic heterocycles. The first-order chi connectivity index (χ1) is 8.46. The maximum atomic E-state index is 11.5. The summed E-state index contributed by atoms with van der Waals surface area (Å²) in [5, 5.41) is 13.1. The van der Waals surface area contributed by atoms with Crippen LogP contribution in [-0.4, -0.2) is 39.0 Å². The molecule has 1 unspecified atom stereocenters. The first-order valence-corrected chi connectivity index (χ1v) is 5.63. The second-order valence-corrected chi connectivity index (χ2v) is 4.20. The summed E-state index contributed by atoms with van der Waals surface area (Å²) < 4.78 is 11.7. The van der Waals surface area contributed by atoms with E-state index < -0.39 is 17.5 Å². The minimum absolute atomic E-state index is 0.126. The van der Waals surface area contributed by atoms with E-state index in [4.69, 9.17) is 14.6 Å². The van der Waals surface area contributed by atoms with Crippen molar-refractivity contribution in [1.29, 1.82) is 0 Å². The number of nitrogens with zero attached hydrogens (tertiary/aromatic N) is 2. The van der Waals surface area contributed by atoms with E-state index >= 15 is 0 Å². The Hall–Kier alpha value is -2.05. The van der Waals surface area contributed by atoms with Gasteiger partial charge < -0.3 is 14.6 Å². The number of fused-ring (bicyclic) bond motifs is 1. The second kappa shape index (κ2) is 4.32. The van der Waals surface area contributed by atoms with E-state index in [1.807, 2.05) is 0 Å². The van der Waals surface area contributed by atoms with Crippen molar-refractivity contribution in [3.05, 3.63) is 11.8 Å². The van der Waals surface area contributed by atoms with Crippen LogP contribution in [0.4, 0.5) is 0 Å². The number of carboxylic acids is 1. The van der Waals surface area contributed by atoms with Crippen LogP contribution in [-0.2, 0) is 16.1 Å². The highest BCUT2D eigenvalue weighted by molar-refractivity contribution is 5.87. The standard InChI is InChI=1S/C11H14N2O5/c1-3-17-9(14)7-6-8-13(12-7)5-4-11(2,18-8)10(15)16/h6H,3-5H2,1-2H3,(H,15,16). The molecule has 0 fully saturated rings. The Morgan fingerprint density at radius 3 is 3.00 bits per heavy atom.